The molecule has 18 heavy (non-hydrogen) atoms. The number of hydrogen-bond donors (Lipinski definition) is 0. The van der Waals surface area contributed by atoms with Crippen molar-refractivity contribution in [1.29, 1.82) is 0 Å². The van der Waals surface area contributed by atoms with Crippen molar-refractivity contribution < 1.29 is 18.3 Å². The van der Waals surface area contributed by atoms with E-state index in [2.05, 4.69) is 15.9 Å². The fourth-order valence-corrected chi connectivity index (χ4v) is 1.92. The van der Waals surface area contributed by atoms with Crippen LogP contribution in [-0.4, -0.2) is 18.0 Å². The van der Waals surface area contributed by atoms with Gasteiger partial charge in [-0.2, -0.15) is 0 Å². The first-order valence-electron chi connectivity index (χ1n) is 5.59. The van der Waals surface area contributed by atoms with Crippen LogP contribution < -0.4 is 0 Å². The number of halogens is 3. The summed E-state index contributed by atoms with van der Waals surface area (Å²) in [5.41, 5.74) is -1.28. The Kier molecular flexibility index (Phi) is 4.99. The zero-order valence-corrected chi connectivity index (χ0v) is 12.1. The first-order chi connectivity index (χ1) is 8.29. The lowest BCUT2D eigenvalue weighted by Crippen LogP contribution is -2.36. The van der Waals surface area contributed by atoms with Crippen molar-refractivity contribution in [2.45, 2.75) is 32.8 Å². The van der Waals surface area contributed by atoms with Gasteiger partial charge in [-0.25, -0.2) is 8.78 Å². The summed E-state index contributed by atoms with van der Waals surface area (Å²) in [6.07, 6.45) is -0.329. The molecule has 0 fully saturated rings. The summed E-state index contributed by atoms with van der Waals surface area (Å²) < 4.78 is 32.6. The number of benzene rings is 1. The molecule has 0 bridgehead atoms. The predicted molar refractivity (Wildman–Crippen MR) is 68.5 cm³/mol. The maximum Gasteiger partial charge on any atom is 0.168 e. The average Bonchev–Trinajstić information content (AvgIpc) is 2.29. The number of ketones is 1. The van der Waals surface area contributed by atoms with Gasteiger partial charge in [0.25, 0.3) is 0 Å². The zero-order chi connectivity index (χ0) is 13.9. The first kappa shape index (κ1) is 15.2. The van der Waals surface area contributed by atoms with E-state index < -0.39 is 17.2 Å². The minimum Gasteiger partial charge on any atom is -0.368 e. The number of rotatable bonds is 5. The molecule has 0 radical (unpaired) electrons. The largest absolute Gasteiger partial charge is 0.368 e. The average molecular weight is 321 g/mol. The van der Waals surface area contributed by atoms with E-state index in [1.807, 2.05) is 0 Å². The van der Waals surface area contributed by atoms with Gasteiger partial charge in [0, 0.05) is 18.6 Å². The molecule has 0 atom stereocenters. The van der Waals surface area contributed by atoms with Gasteiger partial charge in [-0.05, 0) is 48.8 Å². The highest BCUT2D eigenvalue weighted by Gasteiger charge is 2.29. The molecule has 0 saturated heterocycles. The third-order valence-corrected chi connectivity index (χ3v) is 3.27. The highest BCUT2D eigenvalue weighted by atomic mass is 79.9. The molecule has 1 aromatic carbocycles. The van der Waals surface area contributed by atoms with Crippen LogP contribution in [0.15, 0.2) is 16.6 Å². The standard InChI is InChI=1S/C13H15BrF2O2/c1-4-18-13(2,3)11(17)7-8-10(15)6-5-9(14)12(8)16/h5-6H,4,7H2,1-3H3. The maximum atomic E-state index is 13.7. The summed E-state index contributed by atoms with van der Waals surface area (Å²) in [5, 5.41) is 0. The van der Waals surface area contributed by atoms with E-state index in [4.69, 9.17) is 4.74 Å². The number of Topliss-reactive ketones (excluding diaryl/α,β-unsaturated/α-hetero) is 1. The second-order valence-electron chi connectivity index (χ2n) is 4.37. The van der Waals surface area contributed by atoms with Crippen LogP contribution in [0, 0.1) is 11.6 Å². The summed E-state index contributed by atoms with van der Waals surface area (Å²) in [7, 11) is 0. The molecule has 0 aliphatic carbocycles. The maximum absolute atomic E-state index is 13.7. The first-order valence-corrected chi connectivity index (χ1v) is 6.38. The van der Waals surface area contributed by atoms with Gasteiger partial charge in [-0.3, -0.25) is 4.79 Å². The third-order valence-electron chi connectivity index (χ3n) is 2.65. The Morgan fingerprint density at radius 1 is 1.39 bits per heavy atom. The number of hydrogen-bond acceptors (Lipinski definition) is 2. The van der Waals surface area contributed by atoms with E-state index in [1.165, 1.54) is 6.07 Å². The second kappa shape index (κ2) is 5.89. The molecular weight excluding hydrogens is 306 g/mol. The van der Waals surface area contributed by atoms with Crippen molar-refractivity contribution in [3.63, 3.8) is 0 Å². The molecule has 2 nitrogen and oxygen atoms in total. The van der Waals surface area contributed by atoms with Crippen LogP contribution in [0.4, 0.5) is 8.78 Å². The molecule has 0 heterocycles. The van der Waals surface area contributed by atoms with Gasteiger partial charge < -0.3 is 4.74 Å². The monoisotopic (exact) mass is 320 g/mol. The van der Waals surface area contributed by atoms with Crippen molar-refractivity contribution in [2.24, 2.45) is 0 Å². The molecule has 0 aliphatic heterocycles. The van der Waals surface area contributed by atoms with E-state index in [-0.39, 0.29) is 22.2 Å². The van der Waals surface area contributed by atoms with Gasteiger partial charge in [0.15, 0.2) is 5.78 Å². The molecule has 1 rings (SSSR count). The molecule has 1 aromatic rings. The molecule has 0 spiro atoms. The zero-order valence-electron chi connectivity index (χ0n) is 10.5. The Morgan fingerprint density at radius 2 is 2.00 bits per heavy atom. The number of carbonyl (C=O) groups excluding carboxylic acids is 1. The van der Waals surface area contributed by atoms with E-state index >= 15 is 0 Å². The lowest BCUT2D eigenvalue weighted by Gasteiger charge is -2.23. The molecule has 0 aliphatic rings. The number of carbonyl (C=O) groups is 1. The fraction of sp³-hybridized carbons (Fsp3) is 0.462. The van der Waals surface area contributed by atoms with Gasteiger partial charge in [0.2, 0.25) is 0 Å². The normalized spacial score (nSPS) is 11.7. The van der Waals surface area contributed by atoms with Gasteiger partial charge in [0.1, 0.15) is 17.2 Å². The fourth-order valence-electron chi connectivity index (χ4n) is 1.55. The van der Waals surface area contributed by atoms with Gasteiger partial charge in [-0.15, -0.1) is 0 Å². The van der Waals surface area contributed by atoms with E-state index in [0.29, 0.717) is 6.61 Å². The van der Waals surface area contributed by atoms with Crippen LogP contribution in [0.3, 0.4) is 0 Å². The highest BCUT2D eigenvalue weighted by Crippen LogP contribution is 2.24. The van der Waals surface area contributed by atoms with Crippen LogP contribution in [0.1, 0.15) is 26.3 Å². The topological polar surface area (TPSA) is 26.3 Å². The van der Waals surface area contributed by atoms with E-state index in [1.54, 1.807) is 20.8 Å². The molecular formula is C13H15BrF2O2. The summed E-state index contributed by atoms with van der Waals surface area (Å²) in [6.45, 7) is 5.30. The molecule has 0 saturated carbocycles. The van der Waals surface area contributed by atoms with Crippen molar-refractivity contribution >= 4 is 21.7 Å². The van der Waals surface area contributed by atoms with Crippen molar-refractivity contribution in [3.8, 4) is 0 Å². The van der Waals surface area contributed by atoms with Crippen LogP contribution in [0.25, 0.3) is 0 Å². The van der Waals surface area contributed by atoms with Gasteiger partial charge in [-0.1, -0.05) is 0 Å². The molecule has 0 amide bonds. The minimum absolute atomic E-state index is 0.140. The van der Waals surface area contributed by atoms with Crippen LogP contribution in [-0.2, 0) is 16.0 Å². The lowest BCUT2D eigenvalue weighted by atomic mass is 9.96. The Morgan fingerprint density at radius 3 is 2.56 bits per heavy atom. The Bertz CT molecular complexity index is 459. The van der Waals surface area contributed by atoms with Crippen molar-refractivity contribution in [1.82, 2.24) is 0 Å². The summed E-state index contributed by atoms with van der Waals surface area (Å²) in [5.74, 6) is -1.83. The lowest BCUT2D eigenvalue weighted by molar-refractivity contribution is -0.139. The number of ether oxygens (including phenoxy) is 1. The molecule has 5 heteroatoms. The smallest absolute Gasteiger partial charge is 0.168 e. The molecule has 0 unspecified atom stereocenters. The predicted octanol–water partition coefficient (Wildman–Crippen LogP) is 3.65. The Labute approximate surface area is 113 Å². The summed E-state index contributed by atoms with van der Waals surface area (Å²) in [6, 6.07) is 2.40. The van der Waals surface area contributed by atoms with Crippen LogP contribution in [0.2, 0.25) is 0 Å². The minimum atomic E-state index is -1.05. The van der Waals surface area contributed by atoms with Crippen molar-refractivity contribution in [2.75, 3.05) is 6.61 Å². The molecule has 0 N–H and O–H groups in total. The van der Waals surface area contributed by atoms with Crippen LogP contribution in [0.5, 0.6) is 0 Å². The third kappa shape index (κ3) is 3.36. The summed E-state index contributed by atoms with van der Waals surface area (Å²) >= 11 is 2.97. The van der Waals surface area contributed by atoms with Gasteiger partial charge in [0.05, 0.1) is 4.47 Å². The SMILES string of the molecule is CCOC(C)(C)C(=O)Cc1c(F)ccc(Br)c1F. The Hall–Kier alpha value is -0.810. The second-order valence-corrected chi connectivity index (χ2v) is 5.22. The van der Waals surface area contributed by atoms with E-state index in [0.717, 1.165) is 6.07 Å². The molecule has 100 valence electrons. The quantitative estimate of drug-likeness (QED) is 0.774. The van der Waals surface area contributed by atoms with Crippen LogP contribution >= 0.6 is 15.9 Å². The van der Waals surface area contributed by atoms with Crippen molar-refractivity contribution in [3.05, 3.63) is 33.8 Å². The summed E-state index contributed by atoms with van der Waals surface area (Å²) in [4.78, 5) is 12.0. The highest BCUT2D eigenvalue weighted by molar-refractivity contribution is 9.10. The Balaban J connectivity index is 2.99. The van der Waals surface area contributed by atoms with E-state index in [9.17, 15) is 13.6 Å². The van der Waals surface area contributed by atoms with Gasteiger partial charge >= 0.3 is 0 Å². The molecule has 0 aromatic heterocycles.